The number of nitrogen functional groups attached to an aromatic ring is 1. The summed E-state index contributed by atoms with van der Waals surface area (Å²) in [7, 11) is 0. The molecule has 0 saturated heterocycles. The number of aliphatic hydroxyl groups excluding tert-OH is 2. The van der Waals surface area contributed by atoms with Crippen molar-refractivity contribution in [2.75, 3.05) is 18.9 Å². The van der Waals surface area contributed by atoms with Crippen molar-refractivity contribution in [3.05, 3.63) is 69.5 Å². The molecule has 0 amide bonds. The van der Waals surface area contributed by atoms with Gasteiger partial charge in [-0.3, -0.25) is 0 Å². The highest BCUT2D eigenvalue weighted by Gasteiger charge is 2.22. The molecule has 0 radical (unpaired) electrons. The van der Waals surface area contributed by atoms with Crippen LogP contribution in [0.15, 0.2) is 50.5 Å². The Morgan fingerprint density at radius 3 is 2.69 bits per heavy atom. The molecular weight excluding hydrogens is 498 g/mol. The largest absolute Gasteiger partial charge is 0.491 e. The van der Waals surface area contributed by atoms with Crippen LogP contribution < -0.4 is 10.5 Å². The van der Waals surface area contributed by atoms with Crippen LogP contribution in [-0.4, -0.2) is 39.5 Å². The quantitative estimate of drug-likeness (QED) is 0.210. The molecule has 4 N–H and O–H groups in total. The fraction of sp³-hybridized carbons (Fsp3) is 0.200. The van der Waals surface area contributed by atoms with Gasteiger partial charge < -0.3 is 25.1 Å². The summed E-state index contributed by atoms with van der Waals surface area (Å²) in [6, 6.07) is 10.8. The number of thioether (sulfide) groups is 1. The lowest BCUT2D eigenvalue weighted by atomic mass is 10.00. The number of hydrogen-bond acceptors (Lipinski definition) is 10. The number of rotatable bonds is 9. The molecule has 3 aromatic heterocycles. The number of ether oxygens (including phenoxy) is 1. The Bertz CT molecular complexity index is 1440. The minimum absolute atomic E-state index is 0.0312. The standard InChI is InChI=1S/C25H21N5O4S2/c1-14-20(29-24(34-14)16-7-8-35-12-16)13-36-25-19(9-26)21(22(28-2)23(27)30-25)15-3-5-18(6-4-15)33-11-17(32)10-31/h3-8,12,17,31-32H,10-11,13H2,1H3,(H2,27,30)/t17-/m0/s1. The molecule has 9 nitrogen and oxygen atoms in total. The number of anilines is 1. The fourth-order valence-electron chi connectivity index (χ4n) is 3.35. The molecule has 0 fully saturated rings. The van der Waals surface area contributed by atoms with Gasteiger partial charge in [0, 0.05) is 22.3 Å². The van der Waals surface area contributed by atoms with Crippen molar-refractivity contribution in [2.24, 2.45) is 0 Å². The molecule has 0 bridgehead atoms. The first-order valence-corrected chi connectivity index (χ1v) is 12.6. The molecule has 1 aromatic carbocycles. The van der Waals surface area contributed by atoms with Gasteiger partial charge in [0.05, 0.1) is 24.4 Å². The van der Waals surface area contributed by atoms with E-state index in [2.05, 4.69) is 20.9 Å². The Kier molecular flexibility index (Phi) is 7.88. The summed E-state index contributed by atoms with van der Waals surface area (Å²) < 4.78 is 11.2. The summed E-state index contributed by atoms with van der Waals surface area (Å²) in [6.07, 6.45) is -0.988. The number of benzene rings is 1. The summed E-state index contributed by atoms with van der Waals surface area (Å²) in [4.78, 5) is 12.5. The lowest BCUT2D eigenvalue weighted by molar-refractivity contribution is 0.0536. The van der Waals surface area contributed by atoms with Crippen molar-refractivity contribution in [1.29, 1.82) is 5.26 Å². The second kappa shape index (κ2) is 11.2. The first-order chi connectivity index (χ1) is 17.4. The SMILES string of the molecule is [C-]#[N+]c1c(N)nc(SCc2nc(-c3ccsc3)oc2C)c(C#N)c1-c1ccc(OC[C@@H](O)CO)cc1. The molecule has 0 aliphatic carbocycles. The van der Waals surface area contributed by atoms with E-state index < -0.39 is 12.7 Å². The zero-order valence-electron chi connectivity index (χ0n) is 19.1. The topological polar surface area (TPSA) is 143 Å². The molecule has 0 saturated carbocycles. The predicted molar refractivity (Wildman–Crippen MR) is 138 cm³/mol. The van der Waals surface area contributed by atoms with E-state index in [1.165, 1.54) is 11.8 Å². The summed E-state index contributed by atoms with van der Waals surface area (Å²) in [5, 5.41) is 32.7. The van der Waals surface area contributed by atoms with Crippen LogP contribution in [0.25, 0.3) is 27.4 Å². The van der Waals surface area contributed by atoms with Gasteiger partial charge in [0.2, 0.25) is 11.6 Å². The van der Waals surface area contributed by atoms with Crippen molar-refractivity contribution in [2.45, 2.75) is 23.8 Å². The van der Waals surface area contributed by atoms with Gasteiger partial charge in [-0.25, -0.2) is 14.8 Å². The van der Waals surface area contributed by atoms with Gasteiger partial charge in [0.1, 0.15) is 41.1 Å². The van der Waals surface area contributed by atoms with E-state index >= 15 is 0 Å². The number of thiophene rings is 1. The number of oxazole rings is 1. The second-order valence-corrected chi connectivity index (χ2v) is 9.36. The van der Waals surface area contributed by atoms with Gasteiger partial charge in [-0.1, -0.05) is 23.9 Å². The second-order valence-electron chi connectivity index (χ2n) is 7.62. The van der Waals surface area contributed by atoms with E-state index in [0.717, 1.165) is 11.3 Å². The third kappa shape index (κ3) is 5.35. The third-order valence-corrected chi connectivity index (χ3v) is 6.86. The molecule has 0 spiro atoms. The van der Waals surface area contributed by atoms with E-state index in [1.807, 2.05) is 23.8 Å². The zero-order valence-corrected chi connectivity index (χ0v) is 20.8. The number of nitrogens with zero attached hydrogens (tertiary/aromatic N) is 4. The Morgan fingerprint density at radius 1 is 1.28 bits per heavy atom. The highest BCUT2D eigenvalue weighted by molar-refractivity contribution is 7.98. The molecule has 3 heterocycles. The van der Waals surface area contributed by atoms with Gasteiger partial charge in [-0.15, -0.1) is 0 Å². The van der Waals surface area contributed by atoms with Gasteiger partial charge in [0.25, 0.3) is 0 Å². The fourth-order valence-corrected chi connectivity index (χ4v) is 4.97. The highest BCUT2D eigenvalue weighted by atomic mass is 32.2. The first-order valence-electron chi connectivity index (χ1n) is 10.7. The average molecular weight is 520 g/mol. The maximum atomic E-state index is 10.0. The number of pyridine rings is 1. The van der Waals surface area contributed by atoms with Crippen LogP contribution in [0.1, 0.15) is 17.0 Å². The van der Waals surface area contributed by atoms with E-state index in [0.29, 0.717) is 39.3 Å². The van der Waals surface area contributed by atoms with Crippen LogP contribution in [-0.2, 0) is 5.75 Å². The molecule has 182 valence electrons. The van der Waals surface area contributed by atoms with E-state index in [1.54, 1.807) is 35.6 Å². The normalized spacial score (nSPS) is 11.6. The van der Waals surface area contributed by atoms with Gasteiger partial charge in [-0.05, 0) is 36.1 Å². The molecule has 1 atom stereocenters. The van der Waals surface area contributed by atoms with E-state index in [9.17, 15) is 10.4 Å². The molecule has 4 aromatic rings. The number of nitriles is 1. The minimum atomic E-state index is -0.988. The van der Waals surface area contributed by atoms with Crippen LogP contribution in [0.5, 0.6) is 5.75 Å². The minimum Gasteiger partial charge on any atom is -0.491 e. The summed E-state index contributed by atoms with van der Waals surface area (Å²) in [6.45, 7) is 8.99. The van der Waals surface area contributed by atoms with Crippen LogP contribution >= 0.6 is 23.1 Å². The molecule has 0 aliphatic heterocycles. The third-order valence-electron chi connectivity index (χ3n) is 5.19. The highest BCUT2D eigenvalue weighted by Crippen LogP contribution is 2.42. The van der Waals surface area contributed by atoms with Crippen molar-refractivity contribution >= 4 is 34.6 Å². The predicted octanol–water partition coefficient (Wildman–Crippen LogP) is 4.80. The molecule has 11 heteroatoms. The lowest BCUT2D eigenvalue weighted by Crippen LogP contribution is -2.21. The number of aromatic nitrogens is 2. The van der Waals surface area contributed by atoms with E-state index in [4.69, 9.17) is 26.6 Å². The Balaban J connectivity index is 1.64. The molecule has 36 heavy (non-hydrogen) atoms. The summed E-state index contributed by atoms with van der Waals surface area (Å²) in [5.41, 5.74) is 9.09. The van der Waals surface area contributed by atoms with Crippen molar-refractivity contribution in [1.82, 2.24) is 9.97 Å². The van der Waals surface area contributed by atoms with Gasteiger partial charge >= 0.3 is 0 Å². The molecule has 4 rings (SSSR count). The Morgan fingerprint density at radius 2 is 2.06 bits per heavy atom. The zero-order chi connectivity index (χ0) is 25.7. The van der Waals surface area contributed by atoms with Crippen LogP contribution in [0.3, 0.4) is 0 Å². The molecule has 0 aliphatic rings. The Hall–Kier alpha value is -3.87. The maximum Gasteiger partial charge on any atom is 0.236 e. The first kappa shape index (κ1) is 25.2. The number of hydrogen-bond donors (Lipinski definition) is 3. The van der Waals surface area contributed by atoms with Gasteiger partial charge in [-0.2, -0.15) is 16.6 Å². The lowest BCUT2D eigenvalue weighted by Gasteiger charge is -2.14. The summed E-state index contributed by atoms with van der Waals surface area (Å²) >= 11 is 2.85. The number of aryl methyl sites for hydroxylation is 1. The summed E-state index contributed by atoms with van der Waals surface area (Å²) in [5.74, 6) is 2.11. The van der Waals surface area contributed by atoms with Gasteiger partial charge in [0.15, 0.2) is 0 Å². The van der Waals surface area contributed by atoms with Crippen molar-refractivity contribution in [3.8, 4) is 34.4 Å². The van der Waals surface area contributed by atoms with Crippen molar-refractivity contribution < 1.29 is 19.4 Å². The number of nitrogens with two attached hydrogens (primary N) is 1. The van der Waals surface area contributed by atoms with Crippen LogP contribution in [0, 0.1) is 24.8 Å². The monoisotopic (exact) mass is 519 g/mol. The average Bonchev–Trinajstić information content (AvgIpc) is 3.55. The van der Waals surface area contributed by atoms with E-state index in [-0.39, 0.29) is 23.7 Å². The molecular formula is C25H21N5O4S2. The van der Waals surface area contributed by atoms with Crippen LogP contribution in [0.2, 0.25) is 0 Å². The Labute approximate surface area is 215 Å². The smallest absolute Gasteiger partial charge is 0.236 e. The van der Waals surface area contributed by atoms with Crippen LogP contribution in [0.4, 0.5) is 11.5 Å². The maximum absolute atomic E-state index is 10.0. The molecule has 0 unspecified atom stereocenters. The number of aliphatic hydroxyl groups is 2. The van der Waals surface area contributed by atoms with Crippen molar-refractivity contribution in [3.63, 3.8) is 0 Å².